The van der Waals surface area contributed by atoms with Crippen molar-refractivity contribution in [2.45, 2.75) is 25.8 Å². The molecule has 1 aliphatic heterocycles. The summed E-state index contributed by atoms with van der Waals surface area (Å²) in [5.41, 5.74) is 2.06. The molecule has 2 aromatic heterocycles. The quantitative estimate of drug-likeness (QED) is 0.816. The van der Waals surface area contributed by atoms with Gasteiger partial charge in [0.1, 0.15) is 5.82 Å². The van der Waals surface area contributed by atoms with E-state index < -0.39 is 10.0 Å². The lowest BCUT2D eigenvalue weighted by Crippen LogP contribution is -3.09. The predicted octanol–water partition coefficient (Wildman–Crippen LogP) is 1.47. The molecule has 0 amide bonds. The van der Waals surface area contributed by atoms with Crippen LogP contribution in [-0.2, 0) is 10.0 Å². The summed E-state index contributed by atoms with van der Waals surface area (Å²) in [5.74, 6) is 0.440. The molecule has 0 unspecified atom stereocenters. The van der Waals surface area contributed by atoms with Crippen LogP contribution in [0.25, 0.3) is 11.3 Å². The molecule has 1 aliphatic rings. The lowest BCUT2D eigenvalue weighted by Gasteiger charge is -2.28. The molecular formula is C17H21ClFN4O2S+. The number of sulfonamides is 1. The molecule has 140 valence electrons. The van der Waals surface area contributed by atoms with Crippen molar-refractivity contribution in [3.05, 3.63) is 40.9 Å². The first-order valence-electron chi connectivity index (χ1n) is 8.33. The summed E-state index contributed by atoms with van der Waals surface area (Å²) in [6.07, 6.45) is 5.40. The summed E-state index contributed by atoms with van der Waals surface area (Å²) in [7, 11) is -3.19. The molecule has 1 saturated heterocycles. The minimum atomic E-state index is -3.19. The zero-order chi connectivity index (χ0) is 18.9. The van der Waals surface area contributed by atoms with Gasteiger partial charge in [0.05, 0.1) is 42.5 Å². The summed E-state index contributed by atoms with van der Waals surface area (Å²) < 4.78 is 38.7. The van der Waals surface area contributed by atoms with Crippen molar-refractivity contribution in [2.24, 2.45) is 0 Å². The van der Waals surface area contributed by atoms with Gasteiger partial charge in [-0.15, -0.1) is 0 Å². The van der Waals surface area contributed by atoms with E-state index >= 15 is 0 Å². The topological polar surface area (TPSA) is 76.4 Å². The van der Waals surface area contributed by atoms with Crippen LogP contribution in [0.3, 0.4) is 0 Å². The van der Waals surface area contributed by atoms with Crippen LogP contribution in [0.2, 0.25) is 5.02 Å². The summed E-state index contributed by atoms with van der Waals surface area (Å²) in [6, 6.07) is 3.27. The second kappa shape index (κ2) is 7.56. The number of rotatable bonds is 4. The molecule has 0 aliphatic carbocycles. The van der Waals surface area contributed by atoms with Crippen molar-refractivity contribution in [1.82, 2.24) is 14.7 Å². The minimum absolute atomic E-state index is 0.0402. The van der Waals surface area contributed by atoms with E-state index in [9.17, 15) is 12.8 Å². The average molecular weight is 400 g/mol. The molecule has 0 bridgehead atoms. The van der Waals surface area contributed by atoms with Gasteiger partial charge in [0, 0.05) is 30.5 Å². The number of aromatic nitrogens is 2. The van der Waals surface area contributed by atoms with E-state index in [4.69, 9.17) is 11.6 Å². The number of quaternary nitrogens is 1. The lowest BCUT2D eigenvalue weighted by atomic mass is 10.0. The Balaban J connectivity index is 1.80. The van der Waals surface area contributed by atoms with Gasteiger partial charge in [-0.2, -0.15) is 0 Å². The number of nitrogens with zero attached hydrogens (tertiary/aromatic N) is 2. The highest BCUT2D eigenvalue weighted by molar-refractivity contribution is 7.88. The molecule has 1 fully saturated rings. The molecule has 2 N–H and O–H groups in total. The molecule has 0 atom stereocenters. The second-order valence-electron chi connectivity index (χ2n) is 6.64. The highest BCUT2D eigenvalue weighted by Gasteiger charge is 2.27. The van der Waals surface area contributed by atoms with Crippen molar-refractivity contribution in [3.8, 4) is 11.3 Å². The Morgan fingerprint density at radius 2 is 1.92 bits per heavy atom. The molecule has 3 heterocycles. The number of hydrogen-bond donors (Lipinski definition) is 2. The Bertz CT molecular complexity index is 915. The van der Waals surface area contributed by atoms with Gasteiger partial charge in [0.15, 0.2) is 0 Å². The Kier molecular flexibility index (Phi) is 5.57. The van der Waals surface area contributed by atoms with Gasteiger partial charge in [-0.05, 0) is 18.6 Å². The van der Waals surface area contributed by atoms with Gasteiger partial charge in [0.2, 0.25) is 15.8 Å². The van der Waals surface area contributed by atoms with Gasteiger partial charge in [-0.1, -0.05) is 11.6 Å². The molecule has 6 nitrogen and oxygen atoms in total. The van der Waals surface area contributed by atoms with E-state index in [1.54, 1.807) is 13.1 Å². The van der Waals surface area contributed by atoms with Crippen molar-refractivity contribution >= 4 is 27.4 Å². The standard InChI is InChI=1S/C17H20ClFN4O2S/c1-11-7-12(19)9-21-17(11)14-8-16(20-10-15(14)18)23-5-3-13(4-6-23)22-26(2,24)25/h7-10,13,22H,3-6H2,1-2H3/p+1. The SMILES string of the molecule is Cc1cc(F)cnc1-c1cc([NH+]2CCC(NS(C)(=O)=O)CC2)ncc1Cl. The fourth-order valence-electron chi connectivity index (χ4n) is 3.28. The summed E-state index contributed by atoms with van der Waals surface area (Å²) in [6.45, 7) is 3.31. The van der Waals surface area contributed by atoms with Crippen LogP contribution in [0.4, 0.5) is 10.2 Å². The maximum absolute atomic E-state index is 13.3. The van der Waals surface area contributed by atoms with Crippen LogP contribution in [0.15, 0.2) is 24.5 Å². The molecule has 0 saturated carbocycles. The van der Waals surface area contributed by atoms with Crippen LogP contribution in [-0.4, -0.2) is 43.8 Å². The molecule has 26 heavy (non-hydrogen) atoms. The summed E-state index contributed by atoms with van der Waals surface area (Å²) >= 11 is 6.30. The van der Waals surface area contributed by atoms with Crippen LogP contribution < -0.4 is 9.62 Å². The van der Waals surface area contributed by atoms with Crippen molar-refractivity contribution in [2.75, 3.05) is 19.3 Å². The van der Waals surface area contributed by atoms with Gasteiger partial charge in [-0.25, -0.2) is 22.5 Å². The number of pyridine rings is 2. The van der Waals surface area contributed by atoms with Crippen LogP contribution in [0, 0.1) is 12.7 Å². The Hall–Kier alpha value is -1.61. The Labute approximate surface area is 157 Å². The minimum Gasteiger partial charge on any atom is -0.286 e. The molecule has 3 rings (SSSR count). The van der Waals surface area contributed by atoms with E-state index in [0.29, 0.717) is 16.3 Å². The smallest absolute Gasteiger partial charge is 0.226 e. The lowest BCUT2D eigenvalue weighted by molar-refractivity contribution is -0.841. The van der Waals surface area contributed by atoms with Gasteiger partial charge >= 0.3 is 0 Å². The predicted molar refractivity (Wildman–Crippen MR) is 98.5 cm³/mol. The van der Waals surface area contributed by atoms with Crippen LogP contribution in [0.5, 0.6) is 0 Å². The first-order valence-corrected chi connectivity index (χ1v) is 10.6. The second-order valence-corrected chi connectivity index (χ2v) is 8.82. The fraction of sp³-hybridized carbons (Fsp3) is 0.412. The third kappa shape index (κ3) is 4.56. The molecule has 9 heteroatoms. The highest BCUT2D eigenvalue weighted by Crippen LogP contribution is 2.29. The van der Waals surface area contributed by atoms with Gasteiger partial charge in [0.25, 0.3) is 0 Å². The third-order valence-electron chi connectivity index (χ3n) is 4.49. The van der Waals surface area contributed by atoms with E-state index in [1.807, 2.05) is 6.07 Å². The first kappa shape index (κ1) is 19.2. The van der Waals surface area contributed by atoms with E-state index in [2.05, 4.69) is 14.7 Å². The Morgan fingerprint density at radius 3 is 2.54 bits per heavy atom. The molecule has 0 aromatic carbocycles. The average Bonchev–Trinajstić information content (AvgIpc) is 2.55. The highest BCUT2D eigenvalue weighted by atomic mass is 35.5. The number of aryl methyl sites for hydroxylation is 1. The zero-order valence-corrected chi connectivity index (χ0v) is 16.2. The summed E-state index contributed by atoms with van der Waals surface area (Å²) in [5, 5.41) is 0.462. The molecule has 2 aromatic rings. The maximum Gasteiger partial charge on any atom is 0.226 e. The molecule has 0 spiro atoms. The van der Waals surface area contributed by atoms with Crippen molar-refractivity contribution in [1.29, 1.82) is 0 Å². The monoisotopic (exact) mass is 399 g/mol. The zero-order valence-electron chi connectivity index (χ0n) is 14.6. The van der Waals surface area contributed by atoms with E-state index in [0.717, 1.165) is 42.2 Å². The maximum atomic E-state index is 13.3. The number of piperidine rings is 1. The molecular weight excluding hydrogens is 379 g/mol. The van der Waals surface area contributed by atoms with Gasteiger partial charge < -0.3 is 0 Å². The third-order valence-corrected chi connectivity index (χ3v) is 5.55. The number of halogens is 2. The normalized spacial score (nSPS) is 20.9. The first-order chi connectivity index (χ1) is 12.2. The van der Waals surface area contributed by atoms with Crippen molar-refractivity contribution < 1.29 is 17.7 Å². The fourth-order valence-corrected chi connectivity index (χ4v) is 4.31. The molecule has 0 radical (unpaired) electrons. The van der Waals surface area contributed by atoms with Gasteiger partial charge in [-0.3, -0.25) is 9.88 Å². The van der Waals surface area contributed by atoms with Crippen LogP contribution in [0.1, 0.15) is 18.4 Å². The Morgan fingerprint density at radius 1 is 1.23 bits per heavy atom. The van der Waals surface area contributed by atoms with E-state index in [1.165, 1.54) is 18.5 Å². The largest absolute Gasteiger partial charge is 0.286 e. The number of hydrogen-bond acceptors (Lipinski definition) is 4. The van der Waals surface area contributed by atoms with Crippen LogP contribution >= 0.6 is 11.6 Å². The number of nitrogens with one attached hydrogen (secondary N) is 2. The summed E-state index contributed by atoms with van der Waals surface area (Å²) in [4.78, 5) is 9.76. The van der Waals surface area contributed by atoms with E-state index in [-0.39, 0.29) is 11.9 Å². The van der Waals surface area contributed by atoms with Crippen molar-refractivity contribution in [3.63, 3.8) is 0 Å².